The van der Waals surface area contributed by atoms with Gasteiger partial charge in [-0.1, -0.05) is 357 Å². The molecule has 99 heavy (non-hydrogen) atoms. The molecule has 0 rings (SSSR count). The van der Waals surface area contributed by atoms with Gasteiger partial charge < -0.3 is 33.8 Å². The van der Waals surface area contributed by atoms with Gasteiger partial charge in [-0.3, -0.25) is 37.3 Å². The molecule has 0 aliphatic carbocycles. The van der Waals surface area contributed by atoms with E-state index in [4.69, 9.17) is 37.0 Å². The first kappa shape index (κ1) is 97.1. The molecule has 0 saturated heterocycles. The summed E-state index contributed by atoms with van der Waals surface area (Å²) in [4.78, 5) is 72.8. The molecule has 3 N–H and O–H groups in total. The quantitative estimate of drug-likeness (QED) is 0.0222. The van der Waals surface area contributed by atoms with Crippen LogP contribution < -0.4 is 0 Å². The van der Waals surface area contributed by atoms with Crippen LogP contribution in [0.25, 0.3) is 0 Å². The van der Waals surface area contributed by atoms with Gasteiger partial charge >= 0.3 is 39.5 Å². The first-order valence-electron chi connectivity index (χ1n) is 41.2. The lowest BCUT2D eigenvalue weighted by atomic mass is 10.00. The van der Waals surface area contributed by atoms with Crippen molar-refractivity contribution in [2.45, 2.75) is 427 Å². The number of aliphatic hydroxyl groups is 1. The normalized spacial score (nSPS) is 14.3. The number of rotatable bonds is 77. The van der Waals surface area contributed by atoms with E-state index in [1.165, 1.54) is 205 Å². The van der Waals surface area contributed by atoms with Crippen molar-refractivity contribution in [2.24, 2.45) is 23.7 Å². The molecule has 0 heterocycles. The van der Waals surface area contributed by atoms with Crippen molar-refractivity contribution in [1.29, 1.82) is 0 Å². The monoisotopic (exact) mass is 1450 g/mol. The van der Waals surface area contributed by atoms with Crippen molar-refractivity contribution in [2.75, 3.05) is 39.6 Å². The minimum absolute atomic E-state index is 0.102. The molecule has 17 nitrogen and oxygen atoms in total. The Morgan fingerprint density at radius 3 is 0.717 bits per heavy atom. The number of hydrogen-bond acceptors (Lipinski definition) is 15. The molecule has 6 atom stereocenters. The Hall–Kier alpha value is -1.94. The zero-order valence-corrected chi connectivity index (χ0v) is 66.9. The summed E-state index contributed by atoms with van der Waals surface area (Å²) in [6.45, 7) is 14.2. The maximum Gasteiger partial charge on any atom is 0.472 e. The Bertz CT molecular complexity index is 1940. The molecule has 0 saturated carbocycles. The molecule has 0 bridgehead atoms. The summed E-state index contributed by atoms with van der Waals surface area (Å²) in [6, 6.07) is 0. The van der Waals surface area contributed by atoms with E-state index < -0.39 is 97.5 Å². The summed E-state index contributed by atoms with van der Waals surface area (Å²) in [6.07, 6.45) is 55.9. The zero-order chi connectivity index (χ0) is 73.1. The van der Waals surface area contributed by atoms with Gasteiger partial charge in [0.05, 0.1) is 26.4 Å². The highest BCUT2D eigenvalue weighted by atomic mass is 31.2. The minimum Gasteiger partial charge on any atom is -0.462 e. The number of ether oxygens (including phenoxy) is 4. The van der Waals surface area contributed by atoms with E-state index >= 15 is 0 Å². The fraction of sp³-hybridized carbons (Fsp3) is 0.950. The van der Waals surface area contributed by atoms with Gasteiger partial charge in [0.15, 0.2) is 12.2 Å². The zero-order valence-electron chi connectivity index (χ0n) is 65.1. The topological polar surface area (TPSA) is 237 Å². The van der Waals surface area contributed by atoms with Crippen LogP contribution in [-0.4, -0.2) is 96.7 Å². The van der Waals surface area contributed by atoms with Crippen molar-refractivity contribution < 1.29 is 80.2 Å². The SMILES string of the molecule is CCC(C)CCCCCCCCC(=O)OC[C@H](COP(=O)(O)OC[C@H](O)COP(=O)(O)OC[C@@H](COC(=O)CCCCCCCCCCCCCCCCCCCCC(C)C)OC(=O)CCCCCCCCC(C)C)OC(=O)CCCCCCCCCCCCCCCCCCC(C)C. The van der Waals surface area contributed by atoms with Gasteiger partial charge in [0.25, 0.3) is 0 Å². The lowest BCUT2D eigenvalue weighted by Gasteiger charge is -2.21. The first-order chi connectivity index (χ1) is 47.6. The number of esters is 4. The fourth-order valence-corrected chi connectivity index (χ4v) is 13.8. The molecule has 0 fully saturated rings. The highest BCUT2D eigenvalue weighted by molar-refractivity contribution is 7.47. The standard InChI is InChI=1S/C80H156O17P2/c1-9-73(8)59-51-43-37-39-45-53-61-78(83)91-67-75(96-79(84)62-54-46-35-31-27-23-19-15-14-17-21-25-29-33-41-49-57-71(4)5)68-94-98(86,87)92-64-74(81)65-93-99(88,89)95-69-76(97-80(85)63-55-47-38-36-42-50-58-72(6)7)66-90-77(82)60-52-44-34-30-26-22-18-13-11-10-12-16-20-24-28-32-40-48-56-70(2)3/h70-76,81H,9-69H2,1-8H3,(H,86,87)(H,88,89)/t73?,74-,75+,76+/m0/s1. The molecule has 0 aliphatic heterocycles. The summed E-state index contributed by atoms with van der Waals surface area (Å²) in [5.41, 5.74) is 0. The van der Waals surface area contributed by atoms with Crippen LogP contribution in [0.4, 0.5) is 0 Å². The van der Waals surface area contributed by atoms with E-state index in [0.717, 1.165) is 114 Å². The molecule has 3 unspecified atom stereocenters. The molecular formula is C80H156O17P2. The second-order valence-corrected chi connectivity index (χ2v) is 33.4. The van der Waals surface area contributed by atoms with Gasteiger partial charge in [-0.05, 0) is 49.4 Å². The van der Waals surface area contributed by atoms with Gasteiger partial charge in [0.2, 0.25) is 0 Å². The van der Waals surface area contributed by atoms with Crippen molar-refractivity contribution in [3.05, 3.63) is 0 Å². The predicted octanol–water partition coefficient (Wildman–Crippen LogP) is 23.6. The smallest absolute Gasteiger partial charge is 0.462 e. The van der Waals surface area contributed by atoms with Crippen LogP contribution in [0.1, 0.15) is 409 Å². The first-order valence-corrected chi connectivity index (χ1v) is 44.2. The Labute approximate surface area is 607 Å². The summed E-state index contributed by atoms with van der Waals surface area (Å²) in [7, 11) is -9.92. The number of carbonyl (C=O) groups is 4. The largest absolute Gasteiger partial charge is 0.472 e. The van der Waals surface area contributed by atoms with Crippen molar-refractivity contribution in [3.8, 4) is 0 Å². The highest BCUT2D eigenvalue weighted by Crippen LogP contribution is 2.45. The summed E-state index contributed by atoms with van der Waals surface area (Å²) in [5.74, 6) is 0.910. The van der Waals surface area contributed by atoms with Gasteiger partial charge in [0.1, 0.15) is 19.3 Å². The Kier molecular flexibility index (Phi) is 67.8. The van der Waals surface area contributed by atoms with Crippen LogP contribution in [-0.2, 0) is 65.4 Å². The number of carbonyl (C=O) groups excluding carboxylic acids is 4. The van der Waals surface area contributed by atoms with Crippen molar-refractivity contribution in [1.82, 2.24) is 0 Å². The Morgan fingerprint density at radius 2 is 0.485 bits per heavy atom. The van der Waals surface area contributed by atoms with E-state index in [9.17, 15) is 43.2 Å². The molecule has 0 amide bonds. The number of phosphoric ester groups is 2. The number of phosphoric acid groups is 2. The number of unbranched alkanes of at least 4 members (excludes halogenated alkanes) is 42. The second-order valence-electron chi connectivity index (χ2n) is 30.5. The van der Waals surface area contributed by atoms with Crippen molar-refractivity contribution >= 4 is 39.5 Å². The highest BCUT2D eigenvalue weighted by Gasteiger charge is 2.30. The van der Waals surface area contributed by atoms with Crippen LogP contribution in [0.5, 0.6) is 0 Å². The summed E-state index contributed by atoms with van der Waals surface area (Å²) >= 11 is 0. The van der Waals surface area contributed by atoms with Crippen LogP contribution >= 0.6 is 15.6 Å². The average molecular weight is 1450 g/mol. The van der Waals surface area contributed by atoms with Gasteiger partial charge in [-0.25, -0.2) is 9.13 Å². The lowest BCUT2D eigenvalue weighted by molar-refractivity contribution is -0.161. The Morgan fingerprint density at radius 1 is 0.283 bits per heavy atom. The minimum atomic E-state index is -4.96. The average Bonchev–Trinajstić information content (AvgIpc) is 1.21. The van der Waals surface area contributed by atoms with Crippen LogP contribution in [0.15, 0.2) is 0 Å². The molecule has 0 radical (unpaired) electrons. The van der Waals surface area contributed by atoms with Crippen LogP contribution in [0.3, 0.4) is 0 Å². The third kappa shape index (κ3) is 72.8. The maximum absolute atomic E-state index is 13.1. The molecular weight excluding hydrogens is 1290 g/mol. The fourth-order valence-electron chi connectivity index (χ4n) is 12.2. The number of aliphatic hydroxyl groups excluding tert-OH is 1. The molecule has 588 valence electrons. The summed E-state index contributed by atoms with van der Waals surface area (Å²) in [5, 5.41) is 10.6. The molecule has 19 heteroatoms. The van der Waals surface area contributed by atoms with Crippen molar-refractivity contribution in [3.63, 3.8) is 0 Å². The third-order valence-corrected chi connectivity index (χ3v) is 20.8. The van der Waals surface area contributed by atoms with E-state index in [0.29, 0.717) is 31.6 Å². The molecule has 0 aromatic heterocycles. The predicted molar refractivity (Wildman–Crippen MR) is 404 cm³/mol. The van der Waals surface area contributed by atoms with Gasteiger partial charge in [0, 0.05) is 25.7 Å². The summed E-state index contributed by atoms with van der Waals surface area (Å²) < 4.78 is 68.6. The molecule has 0 aromatic carbocycles. The van der Waals surface area contributed by atoms with Crippen LogP contribution in [0, 0.1) is 23.7 Å². The van der Waals surface area contributed by atoms with E-state index in [2.05, 4.69) is 55.4 Å². The number of hydrogen-bond donors (Lipinski definition) is 3. The molecule has 0 spiro atoms. The second kappa shape index (κ2) is 69.1. The van der Waals surface area contributed by atoms with Crippen LogP contribution in [0.2, 0.25) is 0 Å². The van der Waals surface area contributed by atoms with E-state index in [1.54, 1.807) is 0 Å². The van der Waals surface area contributed by atoms with Gasteiger partial charge in [-0.15, -0.1) is 0 Å². The van der Waals surface area contributed by atoms with E-state index in [1.807, 2.05) is 0 Å². The van der Waals surface area contributed by atoms with E-state index in [-0.39, 0.29) is 25.7 Å². The molecule has 0 aromatic rings. The Balaban J connectivity index is 5.11. The molecule has 0 aliphatic rings. The third-order valence-electron chi connectivity index (χ3n) is 18.9. The lowest BCUT2D eigenvalue weighted by Crippen LogP contribution is -2.30. The maximum atomic E-state index is 13.1. The van der Waals surface area contributed by atoms with Gasteiger partial charge in [-0.2, -0.15) is 0 Å².